The Hall–Kier alpha value is -0.820. The van der Waals surface area contributed by atoms with Gasteiger partial charge in [-0.2, -0.15) is 0 Å². The van der Waals surface area contributed by atoms with Crippen LogP contribution in [0.3, 0.4) is 0 Å². The molecule has 106 valence electrons. The molecule has 0 aliphatic heterocycles. The summed E-state index contributed by atoms with van der Waals surface area (Å²) < 4.78 is 12.5. The second kappa shape index (κ2) is 6.76. The Kier molecular flexibility index (Phi) is 5.26. The molecule has 20 heavy (non-hydrogen) atoms. The average molecular weight is 423 g/mol. The molecular weight excluding hydrogens is 411 g/mol. The monoisotopic (exact) mass is 420 g/mol. The minimum Gasteiger partial charge on any atom is -0.496 e. The Labute approximate surface area is 138 Å². The van der Waals surface area contributed by atoms with Gasteiger partial charge in [0, 0.05) is 12.6 Å². The number of nitrogens with two attached hydrogens (primary N) is 1. The Bertz CT molecular complexity index is 638. The van der Waals surface area contributed by atoms with E-state index in [9.17, 15) is 0 Å². The second-order valence-corrected chi connectivity index (χ2v) is 5.92. The number of rotatable bonds is 4. The highest BCUT2D eigenvalue weighted by atomic mass is 79.9. The number of pyridine rings is 1. The highest BCUT2D eigenvalue weighted by Crippen LogP contribution is 2.38. The zero-order valence-electron chi connectivity index (χ0n) is 10.5. The van der Waals surface area contributed by atoms with Crippen LogP contribution in [0.25, 0.3) is 0 Å². The lowest BCUT2D eigenvalue weighted by atomic mass is 10.3. The highest BCUT2D eigenvalue weighted by Gasteiger charge is 2.11. The summed E-state index contributed by atoms with van der Waals surface area (Å²) in [4.78, 5) is 4.25. The van der Waals surface area contributed by atoms with Crippen LogP contribution >= 0.6 is 43.5 Å². The molecule has 0 fully saturated rings. The first-order valence-corrected chi connectivity index (χ1v) is 7.58. The lowest BCUT2D eigenvalue weighted by molar-refractivity contribution is 0.408. The molecule has 2 rings (SSSR count). The van der Waals surface area contributed by atoms with Crippen LogP contribution < -0.4 is 15.2 Å². The van der Waals surface area contributed by atoms with Crippen LogP contribution in [0.4, 0.5) is 0 Å². The minimum atomic E-state index is 0.253. The topological polar surface area (TPSA) is 57.4 Å². The normalized spacial score (nSPS) is 10.4. The van der Waals surface area contributed by atoms with Gasteiger partial charge in [-0.25, -0.2) is 4.98 Å². The van der Waals surface area contributed by atoms with E-state index in [1.54, 1.807) is 31.4 Å². The van der Waals surface area contributed by atoms with Gasteiger partial charge in [-0.1, -0.05) is 11.6 Å². The third-order valence-corrected chi connectivity index (χ3v) is 4.09. The van der Waals surface area contributed by atoms with Crippen LogP contribution in [0.5, 0.6) is 17.4 Å². The number of ether oxygens (including phenoxy) is 2. The fourth-order valence-electron chi connectivity index (χ4n) is 1.52. The molecule has 2 aromatic rings. The molecule has 1 heterocycles. The molecule has 0 bridgehead atoms. The molecule has 0 atom stereocenters. The summed E-state index contributed by atoms with van der Waals surface area (Å²) in [6, 6.07) is 6.99. The second-order valence-electron chi connectivity index (χ2n) is 3.80. The SMILES string of the molecule is COc1cc(Br)c(Oc2ccc(Cl)c(CN)n2)cc1Br. The maximum atomic E-state index is 5.96. The lowest BCUT2D eigenvalue weighted by Gasteiger charge is -2.11. The van der Waals surface area contributed by atoms with Gasteiger partial charge >= 0.3 is 0 Å². The van der Waals surface area contributed by atoms with Gasteiger partial charge in [-0.05, 0) is 50.1 Å². The van der Waals surface area contributed by atoms with E-state index in [0.29, 0.717) is 28.1 Å². The average Bonchev–Trinajstić information content (AvgIpc) is 2.44. The first-order chi connectivity index (χ1) is 9.55. The molecule has 1 aromatic heterocycles. The number of nitrogens with zero attached hydrogens (tertiary/aromatic N) is 1. The van der Waals surface area contributed by atoms with E-state index >= 15 is 0 Å². The van der Waals surface area contributed by atoms with Gasteiger partial charge in [0.25, 0.3) is 0 Å². The molecule has 0 spiro atoms. The van der Waals surface area contributed by atoms with Crippen molar-refractivity contribution in [3.63, 3.8) is 0 Å². The van der Waals surface area contributed by atoms with Crippen LogP contribution in [0.2, 0.25) is 5.02 Å². The molecule has 0 saturated carbocycles. The number of benzene rings is 1. The zero-order chi connectivity index (χ0) is 14.7. The largest absolute Gasteiger partial charge is 0.496 e. The van der Waals surface area contributed by atoms with Crippen LogP contribution in [0.1, 0.15) is 5.69 Å². The fraction of sp³-hybridized carbons (Fsp3) is 0.154. The maximum absolute atomic E-state index is 5.96. The van der Waals surface area contributed by atoms with Gasteiger partial charge in [-0.15, -0.1) is 0 Å². The quantitative estimate of drug-likeness (QED) is 0.787. The number of hydrogen-bond acceptors (Lipinski definition) is 4. The third-order valence-electron chi connectivity index (χ3n) is 2.51. The standard InChI is InChI=1S/C13H11Br2ClN2O2/c1-19-11-4-8(15)12(5-7(11)14)20-13-3-2-9(16)10(6-17)18-13/h2-5H,6,17H2,1H3. The summed E-state index contributed by atoms with van der Waals surface area (Å²) >= 11 is 12.8. The van der Waals surface area contributed by atoms with Crippen molar-refractivity contribution in [1.82, 2.24) is 4.98 Å². The van der Waals surface area contributed by atoms with E-state index in [1.807, 2.05) is 0 Å². The molecule has 0 aliphatic carbocycles. The molecule has 0 saturated heterocycles. The first-order valence-electron chi connectivity index (χ1n) is 5.61. The smallest absolute Gasteiger partial charge is 0.219 e. The molecule has 1 aromatic carbocycles. The van der Waals surface area contributed by atoms with Crippen molar-refractivity contribution >= 4 is 43.5 Å². The summed E-state index contributed by atoms with van der Waals surface area (Å²) in [5.74, 6) is 1.74. The van der Waals surface area contributed by atoms with Gasteiger partial charge in [-0.3, -0.25) is 0 Å². The van der Waals surface area contributed by atoms with Crippen molar-refractivity contribution in [3.8, 4) is 17.4 Å². The van der Waals surface area contributed by atoms with Crippen LogP contribution in [0.15, 0.2) is 33.2 Å². The summed E-state index contributed by atoms with van der Waals surface area (Å²) in [5.41, 5.74) is 6.16. The van der Waals surface area contributed by atoms with Gasteiger partial charge in [0.1, 0.15) is 11.5 Å². The molecular formula is C13H11Br2ClN2O2. The Morgan fingerprint density at radius 1 is 1.20 bits per heavy atom. The highest BCUT2D eigenvalue weighted by molar-refractivity contribution is 9.11. The number of hydrogen-bond donors (Lipinski definition) is 1. The van der Waals surface area contributed by atoms with Crippen LogP contribution in [0, 0.1) is 0 Å². The third kappa shape index (κ3) is 3.44. The van der Waals surface area contributed by atoms with E-state index in [-0.39, 0.29) is 6.54 Å². The van der Waals surface area contributed by atoms with E-state index < -0.39 is 0 Å². The van der Waals surface area contributed by atoms with E-state index in [1.165, 1.54) is 0 Å². The van der Waals surface area contributed by atoms with Gasteiger partial charge in [0.15, 0.2) is 0 Å². The van der Waals surface area contributed by atoms with Crippen LogP contribution in [-0.2, 0) is 6.54 Å². The van der Waals surface area contributed by atoms with Gasteiger partial charge in [0.05, 0.1) is 26.8 Å². The van der Waals surface area contributed by atoms with E-state index in [4.69, 9.17) is 26.8 Å². The minimum absolute atomic E-state index is 0.253. The fourth-order valence-corrected chi connectivity index (χ4v) is 2.59. The Morgan fingerprint density at radius 3 is 2.50 bits per heavy atom. The predicted octanol–water partition coefficient (Wildman–Crippen LogP) is 4.52. The first kappa shape index (κ1) is 15.6. The van der Waals surface area contributed by atoms with Crippen molar-refractivity contribution < 1.29 is 9.47 Å². The molecule has 0 radical (unpaired) electrons. The summed E-state index contributed by atoms with van der Waals surface area (Å²) in [6.07, 6.45) is 0. The summed E-state index contributed by atoms with van der Waals surface area (Å²) in [7, 11) is 1.60. The van der Waals surface area contributed by atoms with E-state index in [2.05, 4.69) is 36.8 Å². The Morgan fingerprint density at radius 2 is 1.85 bits per heavy atom. The van der Waals surface area contributed by atoms with Crippen molar-refractivity contribution in [2.45, 2.75) is 6.54 Å². The molecule has 2 N–H and O–H groups in total. The lowest BCUT2D eigenvalue weighted by Crippen LogP contribution is -2.01. The van der Waals surface area contributed by atoms with Crippen molar-refractivity contribution in [2.24, 2.45) is 5.73 Å². The molecule has 4 nitrogen and oxygen atoms in total. The zero-order valence-corrected chi connectivity index (χ0v) is 14.4. The van der Waals surface area contributed by atoms with Crippen molar-refractivity contribution in [1.29, 1.82) is 0 Å². The molecule has 0 aliphatic rings. The molecule has 0 unspecified atom stereocenters. The van der Waals surface area contributed by atoms with Crippen molar-refractivity contribution in [2.75, 3.05) is 7.11 Å². The van der Waals surface area contributed by atoms with Gasteiger partial charge in [0.2, 0.25) is 5.88 Å². The number of methoxy groups -OCH3 is 1. The number of aromatic nitrogens is 1. The number of halogens is 3. The predicted molar refractivity (Wildman–Crippen MR) is 85.6 cm³/mol. The summed E-state index contributed by atoms with van der Waals surface area (Å²) in [5, 5.41) is 0.523. The Balaban J connectivity index is 2.32. The summed E-state index contributed by atoms with van der Waals surface area (Å²) in [6.45, 7) is 0.253. The molecule has 7 heteroatoms. The van der Waals surface area contributed by atoms with Gasteiger partial charge < -0.3 is 15.2 Å². The van der Waals surface area contributed by atoms with Crippen LogP contribution in [-0.4, -0.2) is 12.1 Å². The molecule has 0 amide bonds. The van der Waals surface area contributed by atoms with Crippen molar-refractivity contribution in [3.05, 3.63) is 43.9 Å². The maximum Gasteiger partial charge on any atom is 0.219 e. The van der Waals surface area contributed by atoms with E-state index in [0.717, 1.165) is 8.95 Å².